The Morgan fingerprint density at radius 2 is 1.04 bits per heavy atom. The van der Waals surface area contributed by atoms with Crippen molar-refractivity contribution in [2.24, 2.45) is 17.3 Å². The van der Waals surface area contributed by atoms with Crippen molar-refractivity contribution in [3.8, 4) is 28.4 Å². The Hall–Kier alpha value is -6.27. The summed E-state index contributed by atoms with van der Waals surface area (Å²) in [7, 11) is 2.73. The van der Waals surface area contributed by atoms with Gasteiger partial charge in [0.2, 0.25) is 0 Å². The zero-order valence-electron chi connectivity index (χ0n) is 39.2. The Kier molecular flexibility index (Phi) is 24.1. The van der Waals surface area contributed by atoms with E-state index in [9.17, 15) is 33.6 Å². The van der Waals surface area contributed by atoms with Crippen LogP contribution >= 0.6 is 0 Å². The first-order chi connectivity index (χ1) is 32.1. The maximum absolute atomic E-state index is 13.1. The van der Waals surface area contributed by atoms with Gasteiger partial charge in [0.25, 0.3) is 0 Å². The van der Waals surface area contributed by atoms with Gasteiger partial charge in [-0.1, -0.05) is 64.0 Å². The fourth-order valence-corrected chi connectivity index (χ4v) is 6.54. The standard InChI is InChI=1S/C49H64O18/c1-8-9-10-11-35-12-14-37(15-13-35)44(52)67-39-19-16-36(17-20-39)38-18-21-40(41(28-38)59-26-27-60-42(50)33(2)3)63-29-49(30-64-43(51)34(4)5,31-65-47(55)45(53)61-24-22-57-6)32-66-48(56)46(54)62-25-23-58-7/h16-21,28,35,37H,2,4,8-15,22-27,29-32H2,1,3,5-7H3. The Balaban J connectivity index is 1.92. The molecule has 0 heterocycles. The quantitative estimate of drug-likeness (QED) is 0.0235. The SMILES string of the molecule is C=C(C)C(=O)OCCOc1cc(-c2ccc(OC(=O)C3CCC(CCCCC)CC3)cc2)ccc1OCC(COC(=O)C(=C)C)(COC(=O)C(=O)OCCOC)COC(=O)C(=O)OCCOC. The van der Waals surface area contributed by atoms with Crippen molar-refractivity contribution < 1.29 is 85.7 Å². The van der Waals surface area contributed by atoms with Gasteiger partial charge in [0.1, 0.15) is 64.0 Å². The van der Waals surface area contributed by atoms with E-state index in [0.717, 1.165) is 25.7 Å². The number of benzene rings is 2. The summed E-state index contributed by atoms with van der Waals surface area (Å²) in [6.45, 7) is 8.52. The monoisotopic (exact) mass is 940 g/mol. The number of carbonyl (C=O) groups excluding carboxylic acids is 7. The average Bonchev–Trinajstić information content (AvgIpc) is 3.32. The number of unbranched alkanes of at least 4 members (excludes halogenated alkanes) is 2. The Morgan fingerprint density at radius 1 is 0.552 bits per heavy atom. The molecule has 3 rings (SSSR count). The lowest BCUT2D eigenvalue weighted by atomic mass is 9.80. The number of hydrogen-bond acceptors (Lipinski definition) is 18. The molecule has 368 valence electrons. The summed E-state index contributed by atoms with van der Waals surface area (Å²) < 4.78 is 58.6. The molecule has 1 saturated carbocycles. The summed E-state index contributed by atoms with van der Waals surface area (Å²) in [5.74, 6) is -6.31. The van der Waals surface area contributed by atoms with Gasteiger partial charge in [-0.3, -0.25) is 4.79 Å². The topological polar surface area (TPSA) is 221 Å². The molecule has 2 aromatic carbocycles. The summed E-state index contributed by atoms with van der Waals surface area (Å²) in [6, 6.07) is 11.8. The lowest BCUT2D eigenvalue weighted by molar-refractivity contribution is -0.179. The second-order valence-corrected chi connectivity index (χ2v) is 16.1. The molecule has 0 N–H and O–H groups in total. The van der Waals surface area contributed by atoms with E-state index in [2.05, 4.69) is 20.1 Å². The van der Waals surface area contributed by atoms with E-state index in [0.29, 0.717) is 22.8 Å². The van der Waals surface area contributed by atoms with Gasteiger partial charge >= 0.3 is 41.8 Å². The van der Waals surface area contributed by atoms with Gasteiger partial charge in [0.15, 0.2) is 11.5 Å². The van der Waals surface area contributed by atoms with E-state index in [-0.39, 0.29) is 74.2 Å². The maximum Gasteiger partial charge on any atom is 0.417 e. The van der Waals surface area contributed by atoms with Crippen LogP contribution in [0.1, 0.15) is 72.1 Å². The normalized spacial score (nSPS) is 14.4. The molecule has 0 unspecified atom stereocenters. The number of esters is 7. The van der Waals surface area contributed by atoms with E-state index < -0.39 is 67.7 Å². The van der Waals surface area contributed by atoms with Crippen LogP contribution in [-0.4, -0.2) is 122 Å². The molecule has 0 aliphatic heterocycles. The molecule has 0 spiro atoms. The molecule has 0 saturated heterocycles. The van der Waals surface area contributed by atoms with E-state index in [4.69, 9.17) is 52.1 Å². The number of carbonyl (C=O) groups is 7. The fraction of sp³-hybridized carbons (Fsp3) is 0.531. The number of ether oxygens (including phenoxy) is 11. The zero-order valence-corrected chi connectivity index (χ0v) is 39.2. The predicted octanol–water partition coefficient (Wildman–Crippen LogP) is 6.09. The minimum Gasteiger partial charge on any atom is -0.489 e. The molecule has 67 heavy (non-hydrogen) atoms. The van der Waals surface area contributed by atoms with Crippen molar-refractivity contribution in [1.29, 1.82) is 0 Å². The molecular weight excluding hydrogens is 877 g/mol. The van der Waals surface area contributed by atoms with Gasteiger partial charge in [-0.05, 0) is 80.8 Å². The van der Waals surface area contributed by atoms with Crippen molar-refractivity contribution in [3.05, 3.63) is 66.8 Å². The lowest BCUT2D eigenvalue weighted by Gasteiger charge is -2.32. The van der Waals surface area contributed by atoms with Gasteiger partial charge in [-0.25, -0.2) is 28.8 Å². The molecule has 0 atom stereocenters. The van der Waals surface area contributed by atoms with Gasteiger partial charge in [0.05, 0.1) is 19.1 Å². The van der Waals surface area contributed by atoms with Crippen LogP contribution < -0.4 is 14.2 Å². The zero-order chi connectivity index (χ0) is 49.2. The van der Waals surface area contributed by atoms with Crippen molar-refractivity contribution >= 4 is 41.8 Å². The fourth-order valence-electron chi connectivity index (χ4n) is 6.54. The molecule has 1 aliphatic carbocycles. The summed E-state index contributed by atoms with van der Waals surface area (Å²) in [4.78, 5) is 88.2. The molecule has 1 fully saturated rings. The third-order valence-electron chi connectivity index (χ3n) is 10.5. The molecule has 1 aliphatic rings. The molecule has 0 bridgehead atoms. The molecule has 0 amide bonds. The van der Waals surface area contributed by atoms with Gasteiger partial charge in [0, 0.05) is 25.4 Å². The van der Waals surface area contributed by atoms with Crippen LogP contribution in [0.4, 0.5) is 0 Å². The van der Waals surface area contributed by atoms with E-state index in [1.807, 2.05) is 0 Å². The number of hydrogen-bond donors (Lipinski definition) is 0. The van der Waals surface area contributed by atoms with Gasteiger partial charge < -0.3 is 52.1 Å². The van der Waals surface area contributed by atoms with Crippen LogP contribution in [0.5, 0.6) is 17.2 Å². The molecule has 18 heteroatoms. The molecule has 18 nitrogen and oxygen atoms in total. The van der Waals surface area contributed by atoms with Crippen LogP contribution in [0, 0.1) is 17.3 Å². The predicted molar refractivity (Wildman–Crippen MR) is 240 cm³/mol. The highest BCUT2D eigenvalue weighted by atomic mass is 16.6. The highest BCUT2D eigenvalue weighted by Crippen LogP contribution is 2.36. The van der Waals surface area contributed by atoms with Crippen molar-refractivity contribution in [2.75, 3.05) is 80.3 Å². The summed E-state index contributed by atoms with van der Waals surface area (Å²) >= 11 is 0. The Morgan fingerprint density at radius 3 is 1.58 bits per heavy atom. The molecule has 0 radical (unpaired) electrons. The van der Waals surface area contributed by atoms with Crippen molar-refractivity contribution in [3.63, 3.8) is 0 Å². The minimum atomic E-state index is -1.82. The third-order valence-corrected chi connectivity index (χ3v) is 10.5. The second kappa shape index (κ2) is 29.4. The second-order valence-electron chi connectivity index (χ2n) is 16.1. The van der Waals surface area contributed by atoms with Gasteiger partial charge in [-0.2, -0.15) is 0 Å². The number of rotatable bonds is 28. The van der Waals surface area contributed by atoms with Crippen LogP contribution in [0.15, 0.2) is 66.8 Å². The maximum atomic E-state index is 13.1. The largest absolute Gasteiger partial charge is 0.489 e. The van der Waals surface area contributed by atoms with E-state index >= 15 is 0 Å². The van der Waals surface area contributed by atoms with Crippen LogP contribution in [0.25, 0.3) is 11.1 Å². The number of methoxy groups -OCH3 is 2. The highest BCUT2D eigenvalue weighted by molar-refractivity contribution is 6.30. The van der Waals surface area contributed by atoms with Crippen LogP contribution in [0.2, 0.25) is 0 Å². The highest BCUT2D eigenvalue weighted by Gasteiger charge is 2.39. The molecule has 2 aromatic rings. The van der Waals surface area contributed by atoms with Crippen molar-refractivity contribution in [2.45, 2.75) is 72.1 Å². The van der Waals surface area contributed by atoms with Gasteiger partial charge in [-0.15, -0.1) is 0 Å². The Labute approximate surface area is 391 Å². The average molecular weight is 941 g/mol. The smallest absolute Gasteiger partial charge is 0.417 e. The summed E-state index contributed by atoms with van der Waals surface area (Å²) in [5.41, 5.74) is -0.310. The van der Waals surface area contributed by atoms with E-state index in [1.165, 1.54) is 53.8 Å². The Bertz CT molecular complexity index is 1940. The third kappa shape index (κ3) is 19.6. The van der Waals surface area contributed by atoms with Crippen molar-refractivity contribution in [1.82, 2.24) is 0 Å². The molecule has 0 aromatic heterocycles. The molecular formula is C49H64O18. The summed E-state index contributed by atoms with van der Waals surface area (Å²) in [6.07, 6.45) is 8.49. The first-order valence-electron chi connectivity index (χ1n) is 22.1. The van der Waals surface area contributed by atoms with Crippen LogP contribution in [-0.2, 0) is 71.5 Å². The first kappa shape index (κ1) is 55.1. The lowest BCUT2D eigenvalue weighted by Crippen LogP contribution is -2.45. The summed E-state index contributed by atoms with van der Waals surface area (Å²) in [5, 5.41) is 0. The van der Waals surface area contributed by atoms with E-state index in [1.54, 1.807) is 42.5 Å². The minimum absolute atomic E-state index is 0.00696. The van der Waals surface area contributed by atoms with Crippen LogP contribution in [0.3, 0.4) is 0 Å². The first-order valence-corrected chi connectivity index (χ1v) is 22.1.